The van der Waals surface area contributed by atoms with Crippen molar-refractivity contribution in [2.24, 2.45) is 0 Å². The van der Waals surface area contributed by atoms with Gasteiger partial charge < -0.3 is 4.74 Å². The average molecular weight is 529 g/mol. The Balaban J connectivity index is 1.45. The fraction of sp³-hybridized carbons (Fsp3) is 0.125. The summed E-state index contributed by atoms with van der Waals surface area (Å²) in [6.07, 6.45) is 1.53. The van der Waals surface area contributed by atoms with Crippen LogP contribution in [0.15, 0.2) is 77.8 Å². The summed E-state index contributed by atoms with van der Waals surface area (Å²) in [5.74, 6) is -0.327. The van der Waals surface area contributed by atoms with Gasteiger partial charge in [-0.3, -0.25) is 14.8 Å². The van der Waals surface area contributed by atoms with Crippen molar-refractivity contribution in [3.05, 3.63) is 89.3 Å². The van der Waals surface area contributed by atoms with Crippen molar-refractivity contribution in [3.63, 3.8) is 0 Å². The third-order valence-corrected chi connectivity index (χ3v) is 7.59. The number of sulfonamides is 1. The van der Waals surface area contributed by atoms with E-state index in [2.05, 4.69) is 20.0 Å². The standard InChI is InChI=1S/C24H21ClN4O4S2/c1-16-22(34-24(27-16)28-21(30)15-33-14-17-8-4-2-5-9-17)18-12-20(23(25)26-13-18)29-35(31,32)19-10-6-3-7-11-19/h2-13,29H,14-15H2,1H3,(H,27,28,30). The predicted octanol–water partition coefficient (Wildman–Crippen LogP) is 5.12. The maximum Gasteiger partial charge on any atom is 0.261 e. The third-order valence-electron chi connectivity index (χ3n) is 4.79. The maximum atomic E-state index is 12.7. The molecule has 4 aromatic rings. The molecule has 0 aliphatic heterocycles. The summed E-state index contributed by atoms with van der Waals surface area (Å²) < 4.78 is 33.4. The zero-order chi connectivity index (χ0) is 24.8. The Morgan fingerprint density at radius 1 is 1.09 bits per heavy atom. The number of nitrogens with zero attached hydrogens (tertiary/aromatic N) is 2. The highest BCUT2D eigenvalue weighted by Gasteiger charge is 2.18. The van der Waals surface area contributed by atoms with Gasteiger partial charge in [-0.15, -0.1) is 0 Å². The lowest BCUT2D eigenvalue weighted by Crippen LogP contribution is -2.18. The fourth-order valence-electron chi connectivity index (χ4n) is 3.16. The third kappa shape index (κ3) is 6.43. The van der Waals surface area contributed by atoms with Gasteiger partial charge >= 0.3 is 0 Å². The Bertz CT molecular complexity index is 1430. The molecule has 0 aliphatic carbocycles. The van der Waals surface area contributed by atoms with Gasteiger partial charge in [-0.1, -0.05) is 71.5 Å². The van der Waals surface area contributed by atoms with Gasteiger partial charge in [-0.05, 0) is 30.7 Å². The Labute approximate surface area is 212 Å². The summed E-state index contributed by atoms with van der Waals surface area (Å²) in [6.45, 7) is 2.00. The molecule has 0 radical (unpaired) electrons. The van der Waals surface area contributed by atoms with E-state index >= 15 is 0 Å². The number of halogens is 1. The first-order chi connectivity index (χ1) is 16.8. The molecule has 0 saturated carbocycles. The predicted molar refractivity (Wildman–Crippen MR) is 137 cm³/mol. The molecule has 0 unspecified atom stereocenters. The smallest absolute Gasteiger partial charge is 0.261 e. The number of hydrogen-bond donors (Lipinski definition) is 2. The molecule has 2 aromatic heterocycles. The Morgan fingerprint density at radius 2 is 1.77 bits per heavy atom. The zero-order valence-electron chi connectivity index (χ0n) is 18.6. The van der Waals surface area contributed by atoms with E-state index in [4.69, 9.17) is 16.3 Å². The fourth-order valence-corrected chi connectivity index (χ4v) is 5.40. The van der Waals surface area contributed by atoms with Gasteiger partial charge in [0.1, 0.15) is 6.61 Å². The highest BCUT2D eigenvalue weighted by Crippen LogP contribution is 2.35. The number of aromatic nitrogens is 2. The topological polar surface area (TPSA) is 110 Å². The molecule has 1 amide bonds. The number of nitrogens with one attached hydrogen (secondary N) is 2. The van der Waals surface area contributed by atoms with E-state index < -0.39 is 10.0 Å². The monoisotopic (exact) mass is 528 g/mol. The molecule has 0 fully saturated rings. The number of aryl methyl sites for hydroxylation is 1. The molecule has 0 spiro atoms. The van der Waals surface area contributed by atoms with Gasteiger partial charge in [0.25, 0.3) is 15.9 Å². The minimum absolute atomic E-state index is 0.0134. The van der Waals surface area contributed by atoms with E-state index in [-0.39, 0.29) is 28.3 Å². The molecule has 8 nitrogen and oxygen atoms in total. The second-order valence-corrected chi connectivity index (χ2v) is 10.5. The number of carbonyl (C=O) groups excluding carboxylic acids is 1. The van der Waals surface area contributed by atoms with Crippen LogP contribution in [0, 0.1) is 6.92 Å². The highest BCUT2D eigenvalue weighted by atomic mass is 35.5. The molecule has 0 atom stereocenters. The molecule has 2 aromatic carbocycles. The number of carbonyl (C=O) groups is 1. The van der Waals surface area contributed by atoms with Crippen molar-refractivity contribution in [1.82, 2.24) is 9.97 Å². The molecule has 2 heterocycles. The lowest BCUT2D eigenvalue weighted by Gasteiger charge is -2.10. The summed E-state index contributed by atoms with van der Waals surface area (Å²) in [6, 6.07) is 19.1. The summed E-state index contributed by atoms with van der Waals surface area (Å²) in [5, 5.41) is 3.14. The molecule has 0 saturated heterocycles. The van der Waals surface area contributed by atoms with Crippen LogP contribution in [0.25, 0.3) is 10.4 Å². The molecular formula is C24H21ClN4O4S2. The van der Waals surface area contributed by atoms with E-state index in [1.54, 1.807) is 31.2 Å². The first-order valence-corrected chi connectivity index (χ1v) is 13.1. The normalized spacial score (nSPS) is 11.3. The average Bonchev–Trinajstić information content (AvgIpc) is 3.21. The van der Waals surface area contributed by atoms with Crippen LogP contribution >= 0.6 is 22.9 Å². The molecule has 2 N–H and O–H groups in total. The number of thiazole rings is 1. The van der Waals surface area contributed by atoms with E-state index in [1.807, 2.05) is 30.3 Å². The molecule has 0 aliphatic rings. The largest absolute Gasteiger partial charge is 0.367 e. The molecule has 35 heavy (non-hydrogen) atoms. The van der Waals surface area contributed by atoms with Crippen LogP contribution in [0.5, 0.6) is 0 Å². The maximum absolute atomic E-state index is 12.7. The molecular weight excluding hydrogens is 508 g/mol. The second kappa shape index (κ2) is 11.0. The van der Waals surface area contributed by atoms with E-state index in [0.29, 0.717) is 23.0 Å². The Kier molecular flexibility index (Phi) is 7.76. The first kappa shape index (κ1) is 24.8. The second-order valence-electron chi connectivity index (χ2n) is 7.44. The first-order valence-electron chi connectivity index (χ1n) is 10.4. The van der Waals surface area contributed by atoms with Crippen LogP contribution in [0.4, 0.5) is 10.8 Å². The molecule has 0 bridgehead atoms. The van der Waals surface area contributed by atoms with Crippen molar-refractivity contribution in [1.29, 1.82) is 0 Å². The van der Waals surface area contributed by atoms with Crippen LogP contribution in [-0.4, -0.2) is 30.9 Å². The molecule has 11 heteroatoms. The SMILES string of the molecule is Cc1nc(NC(=O)COCc2ccccc2)sc1-c1cnc(Cl)c(NS(=O)(=O)c2ccccc2)c1. The summed E-state index contributed by atoms with van der Waals surface area (Å²) in [5.41, 5.74) is 2.37. The van der Waals surface area contributed by atoms with Crippen LogP contribution in [0.1, 0.15) is 11.3 Å². The van der Waals surface area contributed by atoms with Crippen molar-refractivity contribution in [2.75, 3.05) is 16.6 Å². The Hall–Kier alpha value is -3.31. The Morgan fingerprint density at radius 3 is 2.49 bits per heavy atom. The van der Waals surface area contributed by atoms with E-state index in [9.17, 15) is 13.2 Å². The number of ether oxygens (including phenoxy) is 1. The van der Waals surface area contributed by atoms with E-state index in [1.165, 1.54) is 29.7 Å². The van der Waals surface area contributed by atoms with Gasteiger partial charge in [-0.25, -0.2) is 18.4 Å². The van der Waals surface area contributed by atoms with Crippen molar-refractivity contribution in [3.8, 4) is 10.4 Å². The number of rotatable bonds is 9. The number of anilines is 2. The van der Waals surface area contributed by atoms with Gasteiger partial charge in [0.05, 0.1) is 27.8 Å². The van der Waals surface area contributed by atoms with Crippen molar-refractivity contribution >= 4 is 49.7 Å². The minimum atomic E-state index is -3.84. The van der Waals surface area contributed by atoms with Gasteiger partial charge in [0.2, 0.25) is 0 Å². The minimum Gasteiger partial charge on any atom is -0.367 e. The summed E-state index contributed by atoms with van der Waals surface area (Å²) >= 11 is 7.40. The van der Waals surface area contributed by atoms with Crippen LogP contribution < -0.4 is 10.0 Å². The lowest BCUT2D eigenvalue weighted by molar-refractivity contribution is -0.121. The number of benzene rings is 2. The number of amides is 1. The zero-order valence-corrected chi connectivity index (χ0v) is 21.0. The van der Waals surface area contributed by atoms with Gasteiger partial charge in [0.15, 0.2) is 10.3 Å². The van der Waals surface area contributed by atoms with Crippen LogP contribution in [0.2, 0.25) is 5.15 Å². The van der Waals surface area contributed by atoms with Crippen molar-refractivity contribution < 1.29 is 17.9 Å². The van der Waals surface area contributed by atoms with Gasteiger partial charge in [0, 0.05) is 11.8 Å². The summed E-state index contributed by atoms with van der Waals surface area (Å²) in [7, 11) is -3.84. The van der Waals surface area contributed by atoms with Gasteiger partial charge in [-0.2, -0.15) is 0 Å². The highest BCUT2D eigenvalue weighted by molar-refractivity contribution is 7.92. The molecule has 4 rings (SSSR count). The lowest BCUT2D eigenvalue weighted by atomic mass is 10.2. The number of pyridine rings is 1. The van der Waals surface area contributed by atoms with Crippen molar-refractivity contribution in [2.45, 2.75) is 18.4 Å². The summed E-state index contributed by atoms with van der Waals surface area (Å²) in [4.78, 5) is 21.6. The molecule has 180 valence electrons. The quantitative estimate of drug-likeness (QED) is 0.292. The van der Waals surface area contributed by atoms with Crippen LogP contribution in [0.3, 0.4) is 0 Å². The van der Waals surface area contributed by atoms with E-state index in [0.717, 1.165) is 10.4 Å². The van der Waals surface area contributed by atoms with Crippen LogP contribution in [-0.2, 0) is 26.2 Å². The number of hydrogen-bond acceptors (Lipinski definition) is 7.